The van der Waals surface area contributed by atoms with Crippen LogP contribution in [0.4, 0.5) is 11.5 Å². The minimum absolute atomic E-state index is 0.110. The molecule has 36 heavy (non-hydrogen) atoms. The molecule has 3 aromatic carbocycles. The van der Waals surface area contributed by atoms with Gasteiger partial charge in [0.05, 0.1) is 6.54 Å². The number of para-hydroxylation sites is 1. The molecule has 4 aromatic rings. The maximum absolute atomic E-state index is 13.2. The molecule has 0 fully saturated rings. The molecule has 0 radical (unpaired) electrons. The number of rotatable bonds is 7. The van der Waals surface area contributed by atoms with Crippen molar-refractivity contribution < 1.29 is 0 Å². The molecular formula is C29H31N5O2. The maximum Gasteiger partial charge on any atom is 0.332 e. The Bertz CT molecular complexity index is 1470. The summed E-state index contributed by atoms with van der Waals surface area (Å²) >= 11 is 0. The average molecular weight is 482 g/mol. The zero-order valence-electron chi connectivity index (χ0n) is 20.8. The van der Waals surface area contributed by atoms with Crippen LogP contribution in [-0.4, -0.2) is 15.0 Å². The first-order chi connectivity index (χ1) is 17.3. The molecule has 0 bridgehead atoms. The van der Waals surface area contributed by atoms with Crippen molar-refractivity contribution in [3.63, 3.8) is 0 Å². The van der Waals surface area contributed by atoms with E-state index in [1.807, 2.05) is 74.5 Å². The number of nitrogens with two attached hydrogens (primary N) is 1. The topological polar surface area (TPSA) is 94.4 Å². The number of nitrogen functional groups attached to an aromatic ring is 1. The number of hydrogen-bond acceptors (Lipinski definition) is 4. The molecule has 7 nitrogen and oxygen atoms in total. The Hall–Kier alpha value is -4.39. The number of amidine groups is 1. The molecule has 1 heterocycles. The van der Waals surface area contributed by atoms with Gasteiger partial charge in [-0.05, 0) is 34.7 Å². The fourth-order valence-corrected chi connectivity index (χ4v) is 3.99. The van der Waals surface area contributed by atoms with E-state index in [9.17, 15) is 9.59 Å². The van der Waals surface area contributed by atoms with E-state index in [0.717, 1.165) is 26.9 Å². The second kappa shape index (κ2) is 10.9. The van der Waals surface area contributed by atoms with Crippen LogP contribution in [0.25, 0.3) is 11.1 Å². The third kappa shape index (κ3) is 5.46. The number of nitrogens with zero attached hydrogens (tertiary/aromatic N) is 3. The Morgan fingerprint density at radius 1 is 0.889 bits per heavy atom. The highest BCUT2D eigenvalue weighted by molar-refractivity contribution is 6.10. The first kappa shape index (κ1) is 24.7. The smallest absolute Gasteiger partial charge is 0.332 e. The SMILES string of the molecule is CC(C)Cn1c(N)c(C(=NCc2ccc(-c3ccccc3)cc2)Nc2ccccc2)c(=O)n(C)c1=O. The quantitative estimate of drug-likeness (QED) is 0.300. The summed E-state index contributed by atoms with van der Waals surface area (Å²) in [5.41, 5.74) is 9.69. The van der Waals surface area contributed by atoms with Crippen molar-refractivity contribution in [1.29, 1.82) is 0 Å². The highest BCUT2D eigenvalue weighted by Gasteiger charge is 2.21. The van der Waals surface area contributed by atoms with Crippen LogP contribution in [-0.2, 0) is 20.1 Å². The normalized spacial score (nSPS) is 11.6. The average Bonchev–Trinajstić information content (AvgIpc) is 2.90. The lowest BCUT2D eigenvalue weighted by molar-refractivity contribution is 0.493. The highest BCUT2D eigenvalue weighted by Crippen LogP contribution is 2.20. The van der Waals surface area contributed by atoms with Crippen molar-refractivity contribution >= 4 is 17.3 Å². The molecular weight excluding hydrogens is 450 g/mol. The van der Waals surface area contributed by atoms with Gasteiger partial charge in [-0.1, -0.05) is 86.6 Å². The van der Waals surface area contributed by atoms with E-state index in [2.05, 4.69) is 29.6 Å². The van der Waals surface area contributed by atoms with Crippen molar-refractivity contribution in [3.05, 3.63) is 117 Å². The van der Waals surface area contributed by atoms with Crippen LogP contribution in [0, 0.1) is 5.92 Å². The number of benzene rings is 3. The van der Waals surface area contributed by atoms with Crippen LogP contribution >= 0.6 is 0 Å². The molecule has 0 atom stereocenters. The Morgan fingerprint density at radius 3 is 2.08 bits per heavy atom. The molecule has 0 unspecified atom stereocenters. The summed E-state index contributed by atoms with van der Waals surface area (Å²) < 4.78 is 2.53. The molecule has 0 amide bonds. The first-order valence-electron chi connectivity index (χ1n) is 12.0. The Morgan fingerprint density at radius 2 is 1.47 bits per heavy atom. The molecule has 0 aliphatic rings. The molecule has 0 saturated carbocycles. The van der Waals surface area contributed by atoms with Gasteiger partial charge in [0, 0.05) is 19.3 Å². The van der Waals surface area contributed by atoms with Crippen LogP contribution in [0.1, 0.15) is 25.0 Å². The van der Waals surface area contributed by atoms with E-state index in [4.69, 9.17) is 10.7 Å². The predicted molar refractivity (Wildman–Crippen MR) is 147 cm³/mol. The van der Waals surface area contributed by atoms with Crippen LogP contribution in [0.2, 0.25) is 0 Å². The van der Waals surface area contributed by atoms with Gasteiger partial charge < -0.3 is 11.1 Å². The zero-order chi connectivity index (χ0) is 25.7. The molecule has 4 rings (SSSR count). The summed E-state index contributed by atoms with van der Waals surface area (Å²) in [5.74, 6) is 0.600. The number of anilines is 2. The third-order valence-corrected chi connectivity index (χ3v) is 5.89. The summed E-state index contributed by atoms with van der Waals surface area (Å²) in [5, 5.41) is 3.25. The van der Waals surface area contributed by atoms with Gasteiger partial charge in [-0.25, -0.2) is 4.79 Å². The minimum atomic E-state index is -0.487. The molecule has 7 heteroatoms. The van der Waals surface area contributed by atoms with Gasteiger partial charge in [-0.15, -0.1) is 0 Å². The second-order valence-electron chi connectivity index (χ2n) is 9.13. The third-order valence-electron chi connectivity index (χ3n) is 5.89. The van der Waals surface area contributed by atoms with Crippen molar-refractivity contribution in [2.24, 2.45) is 18.0 Å². The number of hydrogen-bond donors (Lipinski definition) is 2. The van der Waals surface area contributed by atoms with Crippen molar-refractivity contribution in [2.75, 3.05) is 11.1 Å². The number of nitrogens with one attached hydrogen (secondary N) is 1. The van der Waals surface area contributed by atoms with Crippen molar-refractivity contribution in [2.45, 2.75) is 26.9 Å². The van der Waals surface area contributed by atoms with Crippen LogP contribution in [0.3, 0.4) is 0 Å². The molecule has 0 spiro atoms. The monoisotopic (exact) mass is 481 g/mol. The summed E-state index contributed by atoms with van der Waals surface area (Å²) in [6.45, 7) is 4.71. The van der Waals surface area contributed by atoms with E-state index >= 15 is 0 Å². The fourth-order valence-electron chi connectivity index (χ4n) is 3.99. The molecule has 184 valence electrons. The maximum atomic E-state index is 13.2. The number of aromatic nitrogens is 2. The van der Waals surface area contributed by atoms with Gasteiger partial charge in [0.1, 0.15) is 17.2 Å². The Balaban J connectivity index is 1.75. The van der Waals surface area contributed by atoms with Gasteiger partial charge in [0.25, 0.3) is 5.56 Å². The largest absolute Gasteiger partial charge is 0.384 e. The minimum Gasteiger partial charge on any atom is -0.384 e. The van der Waals surface area contributed by atoms with E-state index in [1.54, 1.807) is 0 Å². The molecule has 3 N–H and O–H groups in total. The van der Waals surface area contributed by atoms with E-state index in [0.29, 0.717) is 18.9 Å². The Kier molecular flexibility index (Phi) is 7.49. The summed E-state index contributed by atoms with van der Waals surface area (Å²) in [7, 11) is 1.47. The molecule has 0 saturated heterocycles. The lowest BCUT2D eigenvalue weighted by atomic mass is 10.0. The van der Waals surface area contributed by atoms with E-state index in [-0.39, 0.29) is 17.3 Å². The van der Waals surface area contributed by atoms with Gasteiger partial charge in [-0.2, -0.15) is 0 Å². The van der Waals surface area contributed by atoms with Crippen molar-refractivity contribution in [1.82, 2.24) is 9.13 Å². The summed E-state index contributed by atoms with van der Waals surface area (Å²) in [4.78, 5) is 30.8. The lowest BCUT2D eigenvalue weighted by Crippen LogP contribution is -2.44. The number of aliphatic imine (C=N–C) groups is 1. The fraction of sp³-hybridized carbons (Fsp3) is 0.207. The summed E-state index contributed by atoms with van der Waals surface area (Å²) in [6.07, 6.45) is 0. The second-order valence-corrected chi connectivity index (χ2v) is 9.13. The standard InChI is InChI=1S/C29H31N5O2/c1-20(2)19-34-26(30)25(28(35)33(3)29(34)36)27(32-24-12-8-5-9-13-24)31-18-21-14-16-23(17-15-21)22-10-6-4-7-11-22/h4-17,20H,18-19,30H2,1-3H3,(H,31,32). The molecule has 0 aliphatic heterocycles. The van der Waals surface area contributed by atoms with Crippen molar-refractivity contribution in [3.8, 4) is 11.1 Å². The highest BCUT2D eigenvalue weighted by atomic mass is 16.2. The van der Waals surface area contributed by atoms with Crippen LogP contribution in [0.5, 0.6) is 0 Å². The summed E-state index contributed by atoms with van der Waals surface area (Å²) in [6, 6.07) is 27.8. The van der Waals surface area contributed by atoms with Crippen LogP contribution < -0.4 is 22.3 Å². The zero-order valence-corrected chi connectivity index (χ0v) is 20.8. The van der Waals surface area contributed by atoms with Gasteiger partial charge in [0.2, 0.25) is 0 Å². The molecule has 0 aliphatic carbocycles. The lowest BCUT2D eigenvalue weighted by Gasteiger charge is -2.18. The van der Waals surface area contributed by atoms with Crippen LogP contribution in [0.15, 0.2) is 99.5 Å². The first-order valence-corrected chi connectivity index (χ1v) is 12.0. The van der Waals surface area contributed by atoms with E-state index in [1.165, 1.54) is 11.6 Å². The predicted octanol–water partition coefficient (Wildman–Crippen LogP) is 4.51. The van der Waals surface area contributed by atoms with Gasteiger partial charge in [-0.3, -0.25) is 18.9 Å². The molecule has 1 aromatic heterocycles. The van der Waals surface area contributed by atoms with E-state index < -0.39 is 11.2 Å². The van der Waals surface area contributed by atoms with Gasteiger partial charge in [0.15, 0.2) is 0 Å². The van der Waals surface area contributed by atoms with Gasteiger partial charge >= 0.3 is 5.69 Å². The Labute approximate surface area is 210 Å².